The number of hydrogen-bond donors (Lipinski definition) is 2. The van der Waals surface area contributed by atoms with Gasteiger partial charge in [0.25, 0.3) is 0 Å². The summed E-state index contributed by atoms with van der Waals surface area (Å²) >= 11 is 0. The Balaban J connectivity index is 1.96. The van der Waals surface area contributed by atoms with Crippen LogP contribution in [0.15, 0.2) is 0 Å². The lowest BCUT2D eigenvalue weighted by molar-refractivity contribution is -0.205. The van der Waals surface area contributed by atoms with E-state index in [0.717, 1.165) is 31.6 Å². The Morgan fingerprint density at radius 3 is 2.33 bits per heavy atom. The summed E-state index contributed by atoms with van der Waals surface area (Å²) in [4.78, 5) is 0. The van der Waals surface area contributed by atoms with Gasteiger partial charge in [-0.15, -0.1) is 0 Å². The van der Waals surface area contributed by atoms with E-state index in [4.69, 9.17) is 10.5 Å². The molecule has 0 amide bonds. The number of methoxy groups -OCH3 is 1. The van der Waals surface area contributed by atoms with Crippen LogP contribution in [0.5, 0.6) is 0 Å². The van der Waals surface area contributed by atoms with Gasteiger partial charge in [0, 0.05) is 31.9 Å². The van der Waals surface area contributed by atoms with Crippen LogP contribution in [-0.4, -0.2) is 30.5 Å². The average Bonchev–Trinajstić information content (AvgIpc) is 2.36. The van der Waals surface area contributed by atoms with E-state index in [1.807, 2.05) is 0 Å². The first-order valence-corrected chi connectivity index (χ1v) is 7.54. The highest BCUT2D eigenvalue weighted by atomic mass is 16.5. The molecule has 0 radical (unpaired) electrons. The molecular formula is C15H29NO2. The molecule has 3 heteroatoms. The van der Waals surface area contributed by atoms with Crippen molar-refractivity contribution in [1.82, 2.24) is 0 Å². The largest absolute Gasteiger partial charge is 0.389 e. The molecule has 0 aromatic heterocycles. The number of nitrogens with two attached hydrogens (primary N) is 1. The van der Waals surface area contributed by atoms with E-state index >= 15 is 0 Å². The zero-order valence-corrected chi connectivity index (χ0v) is 12.0. The van der Waals surface area contributed by atoms with Crippen molar-refractivity contribution < 1.29 is 9.84 Å². The highest BCUT2D eigenvalue weighted by molar-refractivity contribution is 5.09. The van der Waals surface area contributed by atoms with Gasteiger partial charge in [-0.3, -0.25) is 0 Å². The molecule has 18 heavy (non-hydrogen) atoms. The molecule has 2 fully saturated rings. The smallest absolute Gasteiger partial charge is 0.0765 e. The Kier molecular flexibility index (Phi) is 4.35. The van der Waals surface area contributed by atoms with E-state index in [1.54, 1.807) is 7.11 Å². The fraction of sp³-hybridized carbons (Fsp3) is 1.00. The van der Waals surface area contributed by atoms with E-state index in [9.17, 15) is 5.11 Å². The topological polar surface area (TPSA) is 55.5 Å². The van der Waals surface area contributed by atoms with Gasteiger partial charge in [0.1, 0.15) is 0 Å². The maximum absolute atomic E-state index is 10.8. The molecule has 0 bridgehead atoms. The van der Waals surface area contributed by atoms with Gasteiger partial charge in [0.2, 0.25) is 0 Å². The molecular weight excluding hydrogens is 226 g/mol. The minimum Gasteiger partial charge on any atom is -0.389 e. The standard InChI is InChI=1S/C15H29NO2/c1-3-4-12-5-7-14(11-16,8-6-12)15(17)9-13(10-15)18-2/h12-13,17H,3-11,16H2,1-2H3. The Morgan fingerprint density at radius 1 is 1.28 bits per heavy atom. The first kappa shape index (κ1) is 14.3. The normalized spacial score (nSPS) is 44.7. The molecule has 0 heterocycles. The summed E-state index contributed by atoms with van der Waals surface area (Å²) in [7, 11) is 1.73. The molecule has 0 spiro atoms. The molecule has 0 aromatic rings. The van der Waals surface area contributed by atoms with Crippen molar-refractivity contribution in [2.45, 2.75) is 70.0 Å². The van der Waals surface area contributed by atoms with Gasteiger partial charge in [-0.1, -0.05) is 19.8 Å². The van der Waals surface area contributed by atoms with Crippen LogP contribution < -0.4 is 5.73 Å². The SMILES string of the molecule is CCCC1CCC(CN)(C2(O)CC(OC)C2)CC1. The second kappa shape index (κ2) is 5.48. The highest BCUT2D eigenvalue weighted by Crippen LogP contribution is 2.55. The molecule has 0 atom stereocenters. The summed E-state index contributed by atoms with van der Waals surface area (Å²) in [5.41, 5.74) is 5.45. The van der Waals surface area contributed by atoms with Gasteiger partial charge >= 0.3 is 0 Å². The molecule has 2 aliphatic carbocycles. The lowest BCUT2D eigenvalue weighted by atomic mass is 9.53. The Hall–Kier alpha value is -0.120. The maximum Gasteiger partial charge on any atom is 0.0765 e. The molecule has 2 aliphatic rings. The van der Waals surface area contributed by atoms with Crippen molar-refractivity contribution in [1.29, 1.82) is 0 Å². The Bertz CT molecular complexity index is 266. The van der Waals surface area contributed by atoms with Crippen LogP contribution >= 0.6 is 0 Å². The zero-order chi connectivity index (χ0) is 13.2. The summed E-state index contributed by atoms with van der Waals surface area (Å²) in [5.74, 6) is 0.858. The van der Waals surface area contributed by atoms with E-state index in [0.29, 0.717) is 6.54 Å². The summed E-state index contributed by atoms with van der Waals surface area (Å²) in [6, 6.07) is 0. The molecule has 0 saturated heterocycles. The molecule has 0 unspecified atom stereocenters. The fourth-order valence-electron chi connectivity index (χ4n) is 4.08. The van der Waals surface area contributed by atoms with Crippen molar-refractivity contribution in [3.63, 3.8) is 0 Å². The monoisotopic (exact) mass is 255 g/mol. The van der Waals surface area contributed by atoms with Crippen LogP contribution in [0.4, 0.5) is 0 Å². The molecule has 3 nitrogen and oxygen atoms in total. The predicted octanol–water partition coefficient (Wildman–Crippen LogP) is 2.46. The van der Waals surface area contributed by atoms with E-state index in [-0.39, 0.29) is 11.5 Å². The fourth-order valence-corrected chi connectivity index (χ4v) is 4.08. The number of hydrogen-bond acceptors (Lipinski definition) is 3. The van der Waals surface area contributed by atoms with Crippen molar-refractivity contribution >= 4 is 0 Å². The van der Waals surface area contributed by atoms with Crippen molar-refractivity contribution in [2.24, 2.45) is 17.1 Å². The summed E-state index contributed by atoms with van der Waals surface area (Å²) < 4.78 is 5.32. The van der Waals surface area contributed by atoms with Gasteiger partial charge in [-0.25, -0.2) is 0 Å². The van der Waals surface area contributed by atoms with Crippen molar-refractivity contribution in [3.05, 3.63) is 0 Å². The third-order valence-electron chi connectivity index (χ3n) is 5.60. The lowest BCUT2D eigenvalue weighted by Gasteiger charge is -2.57. The van der Waals surface area contributed by atoms with Crippen LogP contribution in [0.25, 0.3) is 0 Å². The zero-order valence-electron chi connectivity index (χ0n) is 12.0. The van der Waals surface area contributed by atoms with Gasteiger partial charge in [0.05, 0.1) is 11.7 Å². The van der Waals surface area contributed by atoms with E-state index in [1.165, 1.54) is 25.7 Å². The van der Waals surface area contributed by atoms with E-state index in [2.05, 4.69) is 6.92 Å². The molecule has 2 saturated carbocycles. The van der Waals surface area contributed by atoms with Crippen LogP contribution in [0.3, 0.4) is 0 Å². The van der Waals surface area contributed by atoms with Crippen LogP contribution in [0.2, 0.25) is 0 Å². The molecule has 0 aromatic carbocycles. The first-order chi connectivity index (χ1) is 8.59. The van der Waals surface area contributed by atoms with Crippen LogP contribution in [-0.2, 0) is 4.74 Å². The van der Waals surface area contributed by atoms with Crippen LogP contribution in [0.1, 0.15) is 58.3 Å². The lowest BCUT2D eigenvalue weighted by Crippen LogP contribution is -2.63. The minimum atomic E-state index is -0.556. The second-order valence-corrected chi connectivity index (χ2v) is 6.51. The van der Waals surface area contributed by atoms with E-state index < -0.39 is 5.60 Å². The number of rotatable bonds is 5. The molecule has 106 valence electrons. The molecule has 0 aliphatic heterocycles. The second-order valence-electron chi connectivity index (χ2n) is 6.51. The summed E-state index contributed by atoms with van der Waals surface area (Å²) in [6.45, 7) is 2.88. The van der Waals surface area contributed by atoms with Gasteiger partial charge in [-0.2, -0.15) is 0 Å². The van der Waals surface area contributed by atoms with Gasteiger partial charge in [0.15, 0.2) is 0 Å². The molecule has 2 rings (SSSR count). The quantitative estimate of drug-likeness (QED) is 0.793. The Morgan fingerprint density at radius 2 is 1.89 bits per heavy atom. The average molecular weight is 255 g/mol. The third-order valence-corrected chi connectivity index (χ3v) is 5.60. The molecule has 3 N–H and O–H groups in total. The number of ether oxygens (including phenoxy) is 1. The van der Waals surface area contributed by atoms with Gasteiger partial charge in [-0.05, 0) is 31.6 Å². The van der Waals surface area contributed by atoms with Crippen LogP contribution in [0, 0.1) is 11.3 Å². The maximum atomic E-state index is 10.8. The van der Waals surface area contributed by atoms with Crippen molar-refractivity contribution in [2.75, 3.05) is 13.7 Å². The first-order valence-electron chi connectivity index (χ1n) is 7.54. The minimum absolute atomic E-state index is 0.0354. The summed E-state index contributed by atoms with van der Waals surface area (Å²) in [6.07, 6.45) is 9.08. The van der Waals surface area contributed by atoms with Crippen molar-refractivity contribution in [3.8, 4) is 0 Å². The van der Waals surface area contributed by atoms with Gasteiger partial charge < -0.3 is 15.6 Å². The predicted molar refractivity (Wildman–Crippen MR) is 73.3 cm³/mol. The Labute approximate surface area is 111 Å². The third kappa shape index (κ3) is 2.33. The highest BCUT2D eigenvalue weighted by Gasteiger charge is 2.57. The number of aliphatic hydroxyl groups is 1. The summed E-state index contributed by atoms with van der Waals surface area (Å²) in [5, 5.41) is 10.8.